The third-order valence-corrected chi connectivity index (χ3v) is 4.97. The summed E-state index contributed by atoms with van der Waals surface area (Å²) in [5.41, 5.74) is 4.18. The molecule has 23 heavy (non-hydrogen) atoms. The van der Waals surface area contributed by atoms with E-state index in [0.29, 0.717) is 0 Å². The van der Waals surface area contributed by atoms with Gasteiger partial charge < -0.3 is 10.2 Å². The molecule has 120 valence electrons. The molecule has 2 amide bonds. The number of aryl methyl sites for hydroxylation is 1. The van der Waals surface area contributed by atoms with Crippen LogP contribution in [0.25, 0.3) is 0 Å². The van der Waals surface area contributed by atoms with E-state index in [0.717, 1.165) is 41.2 Å². The monoisotopic (exact) mass is 328 g/mol. The molecule has 1 N–H and O–H groups in total. The Morgan fingerprint density at radius 1 is 1.17 bits per heavy atom. The number of anilines is 1. The number of carbonyl (C=O) groups is 1. The van der Waals surface area contributed by atoms with Crippen LogP contribution >= 0.6 is 11.6 Å². The van der Waals surface area contributed by atoms with Crippen LogP contribution in [-0.2, 0) is 0 Å². The number of carbonyl (C=O) groups excluding carboxylic acids is 1. The molecule has 0 saturated carbocycles. The SMILES string of the molecule is Cc1cccc(NC(=O)N2CCCC2c2ccccc2Cl)c1C. The number of likely N-dealkylation sites (tertiary alicyclic amines) is 1. The van der Waals surface area contributed by atoms with Gasteiger partial charge >= 0.3 is 6.03 Å². The summed E-state index contributed by atoms with van der Waals surface area (Å²) in [7, 11) is 0. The van der Waals surface area contributed by atoms with Crippen molar-refractivity contribution in [1.82, 2.24) is 4.90 Å². The minimum Gasteiger partial charge on any atom is -0.317 e. The van der Waals surface area contributed by atoms with Crippen molar-refractivity contribution in [2.24, 2.45) is 0 Å². The number of nitrogens with one attached hydrogen (secondary N) is 1. The first-order valence-electron chi connectivity index (χ1n) is 7.96. The molecule has 3 rings (SSSR count). The van der Waals surface area contributed by atoms with Crippen LogP contribution in [0.1, 0.15) is 35.6 Å². The molecule has 1 aliphatic heterocycles. The predicted octanol–water partition coefficient (Wildman–Crippen LogP) is 5.33. The predicted molar refractivity (Wildman–Crippen MR) is 95.1 cm³/mol. The summed E-state index contributed by atoms with van der Waals surface area (Å²) in [6.45, 7) is 4.83. The molecule has 2 aromatic carbocycles. The Balaban J connectivity index is 1.81. The van der Waals surface area contributed by atoms with E-state index >= 15 is 0 Å². The first kappa shape index (κ1) is 15.9. The first-order chi connectivity index (χ1) is 11.1. The van der Waals surface area contributed by atoms with Crippen LogP contribution in [0.5, 0.6) is 0 Å². The average molecular weight is 329 g/mol. The average Bonchev–Trinajstić information content (AvgIpc) is 3.02. The Kier molecular flexibility index (Phi) is 4.58. The van der Waals surface area contributed by atoms with Gasteiger partial charge in [0.05, 0.1) is 6.04 Å². The number of benzene rings is 2. The zero-order chi connectivity index (χ0) is 16.4. The summed E-state index contributed by atoms with van der Waals surface area (Å²) in [6, 6.07) is 13.7. The molecule has 1 fully saturated rings. The number of hydrogen-bond acceptors (Lipinski definition) is 1. The number of hydrogen-bond donors (Lipinski definition) is 1. The second kappa shape index (κ2) is 6.63. The van der Waals surface area contributed by atoms with Crippen LogP contribution < -0.4 is 5.32 Å². The summed E-state index contributed by atoms with van der Waals surface area (Å²) < 4.78 is 0. The fourth-order valence-corrected chi connectivity index (χ4v) is 3.41. The summed E-state index contributed by atoms with van der Waals surface area (Å²) >= 11 is 6.32. The third-order valence-electron chi connectivity index (χ3n) is 4.62. The van der Waals surface area contributed by atoms with Gasteiger partial charge in [-0.15, -0.1) is 0 Å². The van der Waals surface area contributed by atoms with Crippen molar-refractivity contribution < 1.29 is 4.79 Å². The molecule has 0 spiro atoms. The molecule has 0 bridgehead atoms. The second-order valence-corrected chi connectivity index (χ2v) is 6.46. The highest BCUT2D eigenvalue weighted by molar-refractivity contribution is 6.31. The highest BCUT2D eigenvalue weighted by Gasteiger charge is 2.31. The number of halogens is 1. The van der Waals surface area contributed by atoms with Gasteiger partial charge in [-0.1, -0.05) is 41.9 Å². The van der Waals surface area contributed by atoms with Crippen molar-refractivity contribution in [3.63, 3.8) is 0 Å². The van der Waals surface area contributed by atoms with E-state index in [1.165, 1.54) is 5.56 Å². The zero-order valence-corrected chi connectivity index (χ0v) is 14.2. The Bertz CT molecular complexity index is 729. The molecule has 0 aliphatic carbocycles. The largest absolute Gasteiger partial charge is 0.322 e. The van der Waals surface area contributed by atoms with Crippen molar-refractivity contribution in [3.8, 4) is 0 Å². The van der Waals surface area contributed by atoms with Gasteiger partial charge in [0.2, 0.25) is 0 Å². The van der Waals surface area contributed by atoms with E-state index in [-0.39, 0.29) is 12.1 Å². The maximum absolute atomic E-state index is 12.7. The van der Waals surface area contributed by atoms with Gasteiger partial charge in [0.25, 0.3) is 0 Å². The molecule has 1 heterocycles. The van der Waals surface area contributed by atoms with Crippen molar-refractivity contribution in [1.29, 1.82) is 0 Å². The number of amides is 2. The Morgan fingerprint density at radius 3 is 2.74 bits per heavy atom. The zero-order valence-electron chi connectivity index (χ0n) is 13.5. The molecule has 1 unspecified atom stereocenters. The van der Waals surface area contributed by atoms with E-state index in [2.05, 4.69) is 5.32 Å². The van der Waals surface area contributed by atoms with Crippen molar-refractivity contribution in [2.75, 3.05) is 11.9 Å². The van der Waals surface area contributed by atoms with E-state index in [1.807, 2.05) is 61.2 Å². The van der Waals surface area contributed by atoms with Crippen LogP contribution in [0.2, 0.25) is 5.02 Å². The van der Waals surface area contributed by atoms with Gasteiger partial charge in [-0.3, -0.25) is 0 Å². The van der Waals surface area contributed by atoms with Gasteiger partial charge in [0, 0.05) is 17.3 Å². The lowest BCUT2D eigenvalue weighted by molar-refractivity contribution is 0.207. The minimum absolute atomic E-state index is 0.0498. The van der Waals surface area contributed by atoms with E-state index in [1.54, 1.807) is 0 Å². The summed E-state index contributed by atoms with van der Waals surface area (Å²) in [6.07, 6.45) is 1.94. The highest BCUT2D eigenvalue weighted by Crippen LogP contribution is 2.36. The summed E-state index contributed by atoms with van der Waals surface area (Å²) in [5.74, 6) is 0. The molecule has 1 atom stereocenters. The molecule has 4 heteroatoms. The van der Waals surface area contributed by atoms with Crippen molar-refractivity contribution in [3.05, 3.63) is 64.2 Å². The minimum atomic E-state index is -0.0545. The molecule has 1 saturated heterocycles. The highest BCUT2D eigenvalue weighted by atomic mass is 35.5. The van der Waals surface area contributed by atoms with E-state index in [9.17, 15) is 4.79 Å². The second-order valence-electron chi connectivity index (χ2n) is 6.05. The smallest absolute Gasteiger partial charge is 0.317 e. The number of rotatable bonds is 2. The fraction of sp³-hybridized carbons (Fsp3) is 0.316. The quantitative estimate of drug-likeness (QED) is 0.794. The lowest BCUT2D eigenvalue weighted by atomic mass is 10.0. The van der Waals surface area contributed by atoms with Crippen LogP contribution in [-0.4, -0.2) is 17.5 Å². The maximum Gasteiger partial charge on any atom is 0.322 e. The maximum atomic E-state index is 12.7. The normalized spacial score (nSPS) is 17.3. The van der Waals surface area contributed by atoms with Gasteiger partial charge in [-0.25, -0.2) is 4.79 Å². The molecule has 2 aromatic rings. The fourth-order valence-electron chi connectivity index (χ4n) is 3.15. The van der Waals surface area contributed by atoms with Crippen LogP contribution in [0, 0.1) is 13.8 Å². The van der Waals surface area contributed by atoms with Crippen LogP contribution in [0.3, 0.4) is 0 Å². The van der Waals surface area contributed by atoms with Gasteiger partial charge in [-0.05, 0) is 55.5 Å². The Morgan fingerprint density at radius 2 is 1.96 bits per heavy atom. The summed E-state index contributed by atoms with van der Waals surface area (Å²) in [4.78, 5) is 14.6. The van der Waals surface area contributed by atoms with E-state index < -0.39 is 0 Å². The molecule has 1 aliphatic rings. The number of nitrogens with zero attached hydrogens (tertiary/aromatic N) is 1. The van der Waals surface area contributed by atoms with Crippen molar-refractivity contribution in [2.45, 2.75) is 32.7 Å². The van der Waals surface area contributed by atoms with Crippen molar-refractivity contribution >= 4 is 23.3 Å². The lowest BCUT2D eigenvalue weighted by Crippen LogP contribution is -2.34. The Hall–Kier alpha value is -2.00. The van der Waals surface area contributed by atoms with Crippen LogP contribution in [0.15, 0.2) is 42.5 Å². The molecular formula is C19H21ClN2O. The first-order valence-corrected chi connectivity index (χ1v) is 8.34. The summed E-state index contributed by atoms with van der Waals surface area (Å²) in [5, 5.41) is 3.78. The molecule has 3 nitrogen and oxygen atoms in total. The topological polar surface area (TPSA) is 32.3 Å². The van der Waals surface area contributed by atoms with Gasteiger partial charge in [-0.2, -0.15) is 0 Å². The third kappa shape index (κ3) is 3.20. The van der Waals surface area contributed by atoms with Gasteiger partial charge in [0.1, 0.15) is 0 Å². The Labute approximate surface area is 142 Å². The molecule has 0 aromatic heterocycles. The van der Waals surface area contributed by atoms with E-state index in [4.69, 9.17) is 11.6 Å². The van der Waals surface area contributed by atoms with Crippen LogP contribution in [0.4, 0.5) is 10.5 Å². The van der Waals surface area contributed by atoms with Gasteiger partial charge in [0.15, 0.2) is 0 Å². The standard InChI is InChI=1S/C19H21ClN2O/c1-13-7-5-10-17(14(13)2)21-19(23)22-12-6-11-18(22)15-8-3-4-9-16(15)20/h3-5,7-10,18H,6,11-12H2,1-2H3,(H,21,23). The lowest BCUT2D eigenvalue weighted by Gasteiger charge is -2.26. The number of urea groups is 1. The molecule has 0 radical (unpaired) electrons. The molecular weight excluding hydrogens is 308 g/mol.